The maximum Gasteiger partial charge on any atom is 0.115 e. The van der Waals surface area contributed by atoms with Crippen LogP contribution in [0.4, 0.5) is 0 Å². The first-order valence-electron chi connectivity index (χ1n) is 5.26. The zero-order chi connectivity index (χ0) is 11.1. The normalized spacial score (nSPS) is 12.7. The summed E-state index contributed by atoms with van der Waals surface area (Å²) in [5.74, 6) is 0. The van der Waals surface area contributed by atoms with Gasteiger partial charge in [-0.2, -0.15) is 0 Å². The molecule has 1 heterocycles. The number of hydrogen-bond donors (Lipinski definition) is 1. The molecule has 0 spiro atoms. The third-order valence-corrected chi connectivity index (χ3v) is 2.37. The molecular formula is C11H19N3O. The van der Waals surface area contributed by atoms with E-state index >= 15 is 0 Å². The molecule has 0 saturated carbocycles. The second-order valence-electron chi connectivity index (χ2n) is 3.50. The van der Waals surface area contributed by atoms with Crippen LogP contribution in [0.5, 0.6) is 0 Å². The van der Waals surface area contributed by atoms with Crippen LogP contribution in [0.25, 0.3) is 0 Å². The predicted octanol–water partition coefficient (Wildman–Crippen LogP) is 0.816. The van der Waals surface area contributed by atoms with Crippen molar-refractivity contribution in [2.45, 2.75) is 25.8 Å². The van der Waals surface area contributed by atoms with Crippen LogP contribution < -0.4 is 5.32 Å². The zero-order valence-electron chi connectivity index (χ0n) is 9.66. The highest BCUT2D eigenvalue weighted by atomic mass is 16.5. The van der Waals surface area contributed by atoms with Gasteiger partial charge in [0.1, 0.15) is 6.33 Å². The first-order chi connectivity index (χ1) is 7.30. The molecule has 4 heteroatoms. The van der Waals surface area contributed by atoms with E-state index in [2.05, 4.69) is 28.3 Å². The number of aryl methyl sites for hydroxylation is 1. The number of ether oxygens (including phenoxy) is 1. The SMILES string of the molecule is CCc1cc(CC(COC)NC)ncn1. The van der Waals surface area contributed by atoms with Crippen LogP contribution in [0.3, 0.4) is 0 Å². The van der Waals surface area contributed by atoms with Crippen LogP contribution in [0.15, 0.2) is 12.4 Å². The summed E-state index contributed by atoms with van der Waals surface area (Å²) in [6.45, 7) is 2.79. The van der Waals surface area contributed by atoms with Gasteiger partial charge in [0.05, 0.1) is 6.61 Å². The van der Waals surface area contributed by atoms with Gasteiger partial charge in [-0.3, -0.25) is 0 Å². The average Bonchev–Trinajstić information content (AvgIpc) is 2.29. The van der Waals surface area contributed by atoms with Crippen molar-refractivity contribution in [3.05, 3.63) is 23.8 Å². The molecule has 1 aromatic heterocycles. The van der Waals surface area contributed by atoms with Crippen molar-refractivity contribution < 1.29 is 4.74 Å². The van der Waals surface area contributed by atoms with E-state index in [1.165, 1.54) is 0 Å². The Kier molecular flexibility index (Phi) is 5.21. The lowest BCUT2D eigenvalue weighted by Crippen LogP contribution is -2.32. The summed E-state index contributed by atoms with van der Waals surface area (Å²) < 4.78 is 5.12. The van der Waals surface area contributed by atoms with E-state index in [4.69, 9.17) is 4.74 Å². The number of likely N-dealkylation sites (N-methyl/N-ethyl adjacent to an activating group) is 1. The van der Waals surface area contributed by atoms with Crippen LogP contribution in [-0.4, -0.2) is 36.8 Å². The quantitative estimate of drug-likeness (QED) is 0.753. The lowest BCUT2D eigenvalue weighted by atomic mass is 10.1. The van der Waals surface area contributed by atoms with Gasteiger partial charge in [0.25, 0.3) is 0 Å². The summed E-state index contributed by atoms with van der Waals surface area (Å²) in [5.41, 5.74) is 2.16. The van der Waals surface area contributed by atoms with E-state index in [1.807, 2.05) is 7.05 Å². The molecule has 0 aliphatic heterocycles. The summed E-state index contributed by atoms with van der Waals surface area (Å²) in [6.07, 6.45) is 3.46. The highest BCUT2D eigenvalue weighted by molar-refractivity contribution is 5.09. The minimum absolute atomic E-state index is 0.314. The highest BCUT2D eigenvalue weighted by Gasteiger charge is 2.08. The fourth-order valence-electron chi connectivity index (χ4n) is 1.45. The molecule has 1 unspecified atom stereocenters. The van der Waals surface area contributed by atoms with Crippen LogP contribution in [0.1, 0.15) is 18.3 Å². The van der Waals surface area contributed by atoms with Gasteiger partial charge < -0.3 is 10.1 Å². The third-order valence-electron chi connectivity index (χ3n) is 2.37. The van der Waals surface area contributed by atoms with E-state index in [1.54, 1.807) is 13.4 Å². The molecule has 1 aromatic rings. The number of methoxy groups -OCH3 is 1. The van der Waals surface area contributed by atoms with Crippen molar-refractivity contribution in [1.82, 2.24) is 15.3 Å². The van der Waals surface area contributed by atoms with Crippen LogP contribution in [0.2, 0.25) is 0 Å². The van der Waals surface area contributed by atoms with Crippen molar-refractivity contribution in [1.29, 1.82) is 0 Å². The molecular weight excluding hydrogens is 190 g/mol. The van der Waals surface area contributed by atoms with Gasteiger partial charge in [-0.05, 0) is 19.5 Å². The molecule has 0 saturated heterocycles. The summed E-state index contributed by atoms with van der Waals surface area (Å²) in [6, 6.07) is 2.37. The smallest absolute Gasteiger partial charge is 0.115 e. The van der Waals surface area contributed by atoms with E-state index < -0.39 is 0 Å². The maximum atomic E-state index is 5.12. The Balaban J connectivity index is 2.61. The fourth-order valence-corrected chi connectivity index (χ4v) is 1.45. The summed E-state index contributed by atoms with van der Waals surface area (Å²) in [5, 5.41) is 3.20. The first-order valence-corrected chi connectivity index (χ1v) is 5.26. The number of nitrogens with zero attached hydrogens (tertiary/aromatic N) is 2. The lowest BCUT2D eigenvalue weighted by Gasteiger charge is -2.14. The van der Waals surface area contributed by atoms with Gasteiger partial charge in [-0.1, -0.05) is 6.92 Å². The second-order valence-corrected chi connectivity index (χ2v) is 3.50. The Bertz CT molecular complexity index is 291. The number of rotatable bonds is 6. The number of aromatic nitrogens is 2. The lowest BCUT2D eigenvalue weighted by molar-refractivity contribution is 0.169. The molecule has 0 aliphatic carbocycles. The molecule has 4 nitrogen and oxygen atoms in total. The van der Waals surface area contributed by atoms with Crippen molar-refractivity contribution in [3.8, 4) is 0 Å². The van der Waals surface area contributed by atoms with Gasteiger partial charge in [0.2, 0.25) is 0 Å². The Morgan fingerprint density at radius 1 is 1.40 bits per heavy atom. The summed E-state index contributed by atoms with van der Waals surface area (Å²) in [4.78, 5) is 8.42. The molecule has 0 bridgehead atoms. The number of nitrogens with one attached hydrogen (secondary N) is 1. The van der Waals surface area contributed by atoms with E-state index in [9.17, 15) is 0 Å². The molecule has 15 heavy (non-hydrogen) atoms. The molecule has 0 aromatic carbocycles. The van der Waals surface area contributed by atoms with E-state index in [0.29, 0.717) is 12.6 Å². The third kappa shape index (κ3) is 3.93. The predicted molar refractivity (Wildman–Crippen MR) is 59.8 cm³/mol. The Morgan fingerprint density at radius 2 is 2.13 bits per heavy atom. The van der Waals surface area contributed by atoms with Crippen LogP contribution in [-0.2, 0) is 17.6 Å². The minimum Gasteiger partial charge on any atom is -0.383 e. The van der Waals surface area contributed by atoms with Crippen molar-refractivity contribution in [2.75, 3.05) is 20.8 Å². The second kappa shape index (κ2) is 6.48. The average molecular weight is 209 g/mol. The maximum absolute atomic E-state index is 5.12. The molecule has 1 atom stereocenters. The van der Waals surface area contributed by atoms with Crippen molar-refractivity contribution in [3.63, 3.8) is 0 Å². The Hall–Kier alpha value is -1.00. The molecule has 1 rings (SSSR count). The Morgan fingerprint density at radius 3 is 2.73 bits per heavy atom. The topological polar surface area (TPSA) is 47.0 Å². The molecule has 84 valence electrons. The Labute approximate surface area is 91.1 Å². The largest absolute Gasteiger partial charge is 0.383 e. The monoisotopic (exact) mass is 209 g/mol. The molecule has 0 radical (unpaired) electrons. The summed E-state index contributed by atoms with van der Waals surface area (Å²) in [7, 11) is 3.65. The molecule has 0 aliphatic rings. The zero-order valence-corrected chi connectivity index (χ0v) is 9.66. The van der Waals surface area contributed by atoms with Crippen molar-refractivity contribution >= 4 is 0 Å². The molecule has 1 N–H and O–H groups in total. The van der Waals surface area contributed by atoms with Gasteiger partial charge in [-0.15, -0.1) is 0 Å². The van der Waals surface area contributed by atoms with Gasteiger partial charge in [0, 0.05) is 31.0 Å². The highest BCUT2D eigenvalue weighted by Crippen LogP contribution is 2.02. The standard InChI is InChI=1S/C11H19N3O/c1-4-9-5-10(14-8-13-9)6-11(12-2)7-15-3/h5,8,11-12H,4,6-7H2,1-3H3. The molecule has 0 fully saturated rings. The van der Waals surface area contributed by atoms with Gasteiger partial charge >= 0.3 is 0 Å². The number of hydrogen-bond acceptors (Lipinski definition) is 4. The fraction of sp³-hybridized carbons (Fsp3) is 0.636. The van der Waals surface area contributed by atoms with E-state index in [-0.39, 0.29) is 0 Å². The molecule has 0 amide bonds. The minimum atomic E-state index is 0.314. The summed E-state index contributed by atoms with van der Waals surface area (Å²) >= 11 is 0. The van der Waals surface area contributed by atoms with Gasteiger partial charge in [0.15, 0.2) is 0 Å². The van der Waals surface area contributed by atoms with Gasteiger partial charge in [-0.25, -0.2) is 9.97 Å². The first kappa shape index (κ1) is 12.1. The van der Waals surface area contributed by atoms with Crippen LogP contribution in [0, 0.1) is 0 Å². The van der Waals surface area contributed by atoms with Crippen LogP contribution >= 0.6 is 0 Å². The van der Waals surface area contributed by atoms with Crippen molar-refractivity contribution in [2.24, 2.45) is 0 Å². The van der Waals surface area contributed by atoms with E-state index in [0.717, 1.165) is 24.2 Å².